The molecule has 0 unspecified atom stereocenters. The topological polar surface area (TPSA) is 73.8 Å². The molecule has 5 aliphatic rings. The Bertz CT molecular complexity index is 2500. The zero-order valence-corrected chi connectivity index (χ0v) is 53.0. The maximum atomic E-state index is 6.95. The molecule has 0 aromatic heterocycles. The lowest BCUT2D eigenvalue weighted by Gasteiger charge is -2.36. The van der Waals surface area contributed by atoms with Crippen molar-refractivity contribution in [3.05, 3.63) is 91.0 Å². The fraction of sp³-hybridized carbons (Fsp3) is 0.500. The minimum Gasteiger partial charge on any atom is -0.456 e. The molecule has 400 valence electrons. The van der Waals surface area contributed by atoms with Gasteiger partial charge in [-0.3, -0.25) is 0 Å². The third-order valence-corrected chi connectivity index (χ3v) is 16.9. The van der Waals surface area contributed by atoms with Gasteiger partial charge in [-0.05, 0) is 89.3 Å². The maximum absolute atomic E-state index is 6.95. The zero-order chi connectivity index (χ0) is 53.0. The van der Waals surface area contributed by atoms with Crippen molar-refractivity contribution in [3.63, 3.8) is 0 Å². The van der Waals surface area contributed by atoms with Gasteiger partial charge in [0.1, 0.15) is 68.2 Å². The van der Waals surface area contributed by atoms with Crippen molar-refractivity contribution in [2.75, 3.05) is 27.2 Å². The molecule has 0 spiro atoms. The van der Waals surface area contributed by atoms with E-state index in [0.29, 0.717) is 68.2 Å². The second kappa shape index (κ2) is 28.0. The summed E-state index contributed by atoms with van der Waals surface area (Å²) in [5, 5.41) is 0. The van der Waals surface area contributed by atoms with Gasteiger partial charge in [-0.25, -0.2) is 0 Å². The summed E-state index contributed by atoms with van der Waals surface area (Å²) in [6, 6.07) is 9.67. The summed E-state index contributed by atoms with van der Waals surface area (Å²) in [4.78, 5) is 0. The molecule has 0 radical (unpaired) electrons. The van der Waals surface area contributed by atoms with Crippen LogP contribution in [-0.2, 0) is 0 Å². The highest BCUT2D eigenvalue weighted by Gasteiger charge is 2.41. The average Bonchev–Trinajstić information content (AvgIpc) is 3.41. The van der Waals surface area contributed by atoms with Gasteiger partial charge in [0.05, 0.1) is 0 Å². The minimum absolute atomic E-state index is 0.0693. The van der Waals surface area contributed by atoms with Crippen LogP contribution >= 0.6 is 90.4 Å². The summed E-state index contributed by atoms with van der Waals surface area (Å²) >= 11 is 8.62. The Labute approximate surface area is 506 Å². The summed E-state index contributed by atoms with van der Waals surface area (Å²) in [6.07, 6.45) is 20.9. The fourth-order valence-corrected chi connectivity index (χ4v) is 13.4. The predicted octanol–water partition coefficient (Wildman–Crippen LogP) is 18.3. The monoisotopic (exact) mass is 1470 g/mol. The lowest BCUT2D eigenvalue weighted by atomic mass is 9.74. The maximum Gasteiger partial charge on any atom is 0.231 e. The molecule has 4 aliphatic heterocycles. The largest absolute Gasteiger partial charge is 0.456 e. The van der Waals surface area contributed by atoms with Crippen molar-refractivity contribution < 1.29 is 37.9 Å². The molecule has 4 heterocycles. The third kappa shape index (κ3) is 12.0. The minimum atomic E-state index is -0.171. The van der Waals surface area contributed by atoms with Gasteiger partial charge in [0.2, 0.25) is 27.2 Å². The number of benzene rings is 4. The Kier molecular flexibility index (Phi) is 21.1. The molecular formula is C64H68I4O8. The van der Waals surface area contributed by atoms with E-state index < -0.39 is 0 Å². The van der Waals surface area contributed by atoms with Gasteiger partial charge in [0.15, 0.2) is 0 Å². The molecule has 9 rings (SSSR count). The molecule has 0 saturated carbocycles. The predicted molar refractivity (Wildman–Crippen MR) is 336 cm³/mol. The quantitative estimate of drug-likeness (QED) is 0.0492. The smallest absolute Gasteiger partial charge is 0.231 e. The first kappa shape index (κ1) is 57.1. The summed E-state index contributed by atoms with van der Waals surface area (Å²) in [5.74, 6) is 19.0. The van der Waals surface area contributed by atoms with Crippen LogP contribution < -0.4 is 37.9 Å². The summed E-state index contributed by atoms with van der Waals surface area (Å²) in [6.45, 7) is 8.81. The number of halogens is 4. The Morgan fingerprint density at radius 3 is 0.645 bits per heavy atom. The van der Waals surface area contributed by atoms with Crippen LogP contribution in [0.2, 0.25) is 0 Å². The van der Waals surface area contributed by atoms with Crippen molar-refractivity contribution in [2.45, 2.75) is 180 Å². The van der Waals surface area contributed by atoms with Crippen LogP contribution in [0.3, 0.4) is 0 Å². The summed E-state index contributed by atoms with van der Waals surface area (Å²) in [7, 11) is 0. The van der Waals surface area contributed by atoms with E-state index in [9.17, 15) is 0 Å². The van der Waals surface area contributed by atoms with Crippen LogP contribution in [0.5, 0.6) is 46.0 Å². The van der Waals surface area contributed by atoms with Crippen LogP contribution in [0.15, 0.2) is 24.3 Å². The van der Waals surface area contributed by atoms with Gasteiger partial charge in [-0.2, -0.15) is 0 Å². The van der Waals surface area contributed by atoms with E-state index in [1.54, 1.807) is 0 Å². The normalized spacial score (nSPS) is 17.7. The number of ether oxygens (including phenoxy) is 8. The van der Waals surface area contributed by atoms with Crippen molar-refractivity contribution in [3.8, 4) is 85.4 Å². The van der Waals surface area contributed by atoms with E-state index in [1.807, 2.05) is 0 Å². The second-order valence-corrected chi connectivity index (χ2v) is 22.6. The van der Waals surface area contributed by atoms with Crippen molar-refractivity contribution in [1.82, 2.24) is 0 Å². The van der Waals surface area contributed by atoms with E-state index in [4.69, 9.17) is 37.9 Å². The summed E-state index contributed by atoms with van der Waals surface area (Å²) < 4.78 is 68.7. The Balaban J connectivity index is 1.50. The van der Waals surface area contributed by atoms with Gasteiger partial charge < -0.3 is 37.9 Å². The Morgan fingerprint density at radius 1 is 0.303 bits per heavy atom. The Hall–Kier alpha value is -3.56. The molecular weight excluding hydrogens is 1400 g/mol. The Morgan fingerprint density at radius 2 is 0.487 bits per heavy atom. The molecule has 4 aromatic carbocycles. The van der Waals surface area contributed by atoms with Crippen molar-refractivity contribution in [2.24, 2.45) is 0 Å². The molecule has 4 aromatic rings. The second-order valence-electron chi connectivity index (χ2n) is 20.5. The van der Waals surface area contributed by atoms with Gasteiger partial charge in [-0.1, -0.05) is 130 Å². The molecule has 12 heteroatoms. The van der Waals surface area contributed by atoms with Crippen LogP contribution in [0.25, 0.3) is 0 Å². The fourth-order valence-electron chi connectivity index (χ4n) is 12.3. The van der Waals surface area contributed by atoms with Gasteiger partial charge in [-0.15, -0.1) is 0 Å². The van der Waals surface area contributed by atoms with Gasteiger partial charge in [0, 0.05) is 159 Å². The number of rotatable bonds is 20. The summed E-state index contributed by atoms with van der Waals surface area (Å²) in [5.41, 5.74) is 11.5. The lowest BCUT2D eigenvalue weighted by Crippen LogP contribution is -2.25. The van der Waals surface area contributed by atoms with E-state index in [0.717, 1.165) is 173 Å². The number of hydrogen-bond acceptors (Lipinski definition) is 8. The van der Waals surface area contributed by atoms with E-state index in [1.165, 1.54) is 0 Å². The first-order valence-corrected chi connectivity index (χ1v) is 32.1. The molecule has 1 aliphatic carbocycles. The van der Waals surface area contributed by atoms with Crippen LogP contribution in [0.4, 0.5) is 0 Å². The number of unbranched alkanes of at least 4 members (excludes halogenated alkanes) is 12. The SMILES string of the molecule is CCCCCCC1c2cc3c4c(C#CI)c2OCOc2c1cc1c(c2C#CI)OCOc2c(cc5c(c2C#CI)OCOc2c(cc(c(c2C#CI)OCO4)C3CCCCCC)C5CCCCCC)C1CCCCCC. The molecule has 0 amide bonds. The lowest BCUT2D eigenvalue weighted by molar-refractivity contribution is 0.0973. The van der Waals surface area contributed by atoms with Gasteiger partial charge >= 0.3 is 0 Å². The highest BCUT2D eigenvalue weighted by Crippen LogP contribution is 2.58. The molecule has 0 atom stereocenters. The first-order valence-electron chi connectivity index (χ1n) is 27.8. The van der Waals surface area contributed by atoms with Crippen molar-refractivity contribution >= 4 is 90.4 Å². The number of hydrogen-bond donors (Lipinski definition) is 0. The van der Waals surface area contributed by atoms with Crippen LogP contribution in [0.1, 0.15) is 247 Å². The standard InChI is InChI=1S/C64H68I4O8/c1-5-9-13-17-21-41-49-33-51-42(22-18-14-10-6-2)53-35-55-44(24-20-16-12-8-4)56-36-54-43(23-19-15-11-7-3)52-34-50(41)58-46(26-30-66)60(52)72-39-74-62(54)48(28-32-68)64(56)76-40-75-63(55)47(27-31-67)61(53)73-38-71-59(51)45(25-29-65)57(49)69-37-70-58/h33-36,41-44H,5-24,37-40H2,1-4H3. The van der Waals surface area contributed by atoms with E-state index in [-0.39, 0.29) is 50.8 Å². The van der Waals surface area contributed by atoms with Crippen molar-refractivity contribution in [1.29, 1.82) is 0 Å². The zero-order valence-electron chi connectivity index (χ0n) is 44.4. The highest BCUT2D eigenvalue weighted by atomic mass is 127. The van der Waals surface area contributed by atoms with Gasteiger partial charge in [0.25, 0.3) is 0 Å². The highest BCUT2D eigenvalue weighted by molar-refractivity contribution is 14.1. The van der Waals surface area contributed by atoms with E-state index in [2.05, 4.69) is 182 Å². The molecule has 8 nitrogen and oxygen atoms in total. The molecule has 76 heavy (non-hydrogen) atoms. The third-order valence-electron chi connectivity index (χ3n) is 15.9. The van der Waals surface area contributed by atoms with Crippen LogP contribution in [0, 0.1) is 39.4 Å². The van der Waals surface area contributed by atoms with Crippen LogP contribution in [-0.4, -0.2) is 27.2 Å². The molecule has 0 saturated heterocycles. The van der Waals surface area contributed by atoms with E-state index >= 15 is 0 Å². The molecule has 0 fully saturated rings. The first-order chi connectivity index (χ1) is 37.5. The molecule has 8 bridgehead atoms. The molecule has 0 N–H and O–H groups in total. The average molecular weight is 1470 g/mol.